The summed E-state index contributed by atoms with van der Waals surface area (Å²) < 4.78 is 18.2. The van der Waals surface area contributed by atoms with E-state index in [-0.39, 0.29) is 30.6 Å². The van der Waals surface area contributed by atoms with E-state index in [1.807, 2.05) is 34.9 Å². The van der Waals surface area contributed by atoms with Crippen LogP contribution in [0.5, 0.6) is 5.88 Å². The lowest BCUT2D eigenvalue weighted by atomic mass is 10.2. The molecule has 11 nitrogen and oxygen atoms in total. The molecule has 4 aromatic rings. The fourth-order valence-corrected chi connectivity index (χ4v) is 3.43. The Morgan fingerprint density at radius 3 is 2.90 bits per heavy atom. The van der Waals surface area contributed by atoms with Crippen molar-refractivity contribution in [1.29, 1.82) is 0 Å². The summed E-state index contributed by atoms with van der Waals surface area (Å²) in [5, 5.41) is 15.7. The summed E-state index contributed by atoms with van der Waals surface area (Å²) in [6.45, 7) is 0.227. The summed E-state index contributed by atoms with van der Waals surface area (Å²) in [5.74, 6) is -0.741. The fourth-order valence-electron chi connectivity index (χ4n) is 3.43. The van der Waals surface area contributed by atoms with Crippen molar-refractivity contribution in [1.82, 2.24) is 24.7 Å². The van der Waals surface area contributed by atoms with Crippen molar-refractivity contribution >= 4 is 28.6 Å². The number of nitrogens with one attached hydrogen (secondary N) is 1. The van der Waals surface area contributed by atoms with E-state index in [0.717, 1.165) is 18.5 Å². The average Bonchev–Trinajstić information content (AvgIpc) is 3.52. The van der Waals surface area contributed by atoms with Crippen LogP contribution in [-0.2, 0) is 4.74 Å². The number of para-hydroxylation sites is 1. The summed E-state index contributed by atoms with van der Waals surface area (Å²) >= 11 is 0. The Morgan fingerprint density at radius 2 is 2.10 bits per heavy atom. The highest BCUT2D eigenvalue weighted by atomic mass is 16.6. The summed E-state index contributed by atoms with van der Waals surface area (Å²) in [5.41, 5.74) is 2.23. The molecule has 0 spiro atoms. The number of fused-ring (bicyclic) bond motifs is 1. The molecular weight excluding hydrogens is 404 g/mol. The topological polar surface area (TPSA) is 137 Å². The number of aromatic nitrogens is 5. The van der Waals surface area contributed by atoms with Crippen LogP contribution in [0.3, 0.4) is 0 Å². The molecule has 1 aliphatic rings. The van der Waals surface area contributed by atoms with E-state index in [1.54, 1.807) is 6.33 Å². The molecule has 1 fully saturated rings. The largest absolute Gasteiger partial charge is 0.475 e. The molecule has 11 heteroatoms. The number of carboxylic acids is 1. The van der Waals surface area contributed by atoms with Gasteiger partial charge in [0.05, 0.1) is 18.5 Å². The number of carbonyl (C=O) groups is 1. The van der Waals surface area contributed by atoms with E-state index in [1.165, 1.54) is 12.4 Å². The van der Waals surface area contributed by atoms with Gasteiger partial charge < -0.3 is 24.4 Å². The fraction of sp³-hybridized carbons (Fsp3) is 0.250. The molecule has 2 atom stereocenters. The number of hydrogen-bond donors (Lipinski definition) is 2. The smallest absolute Gasteiger partial charge is 0.374 e. The van der Waals surface area contributed by atoms with E-state index in [2.05, 4.69) is 29.9 Å². The zero-order valence-electron chi connectivity index (χ0n) is 16.2. The zero-order chi connectivity index (χ0) is 21.2. The van der Waals surface area contributed by atoms with E-state index < -0.39 is 5.97 Å². The molecule has 31 heavy (non-hydrogen) atoms. The lowest BCUT2D eigenvalue weighted by Gasteiger charge is -2.15. The van der Waals surface area contributed by atoms with Gasteiger partial charge in [-0.25, -0.2) is 19.7 Å². The van der Waals surface area contributed by atoms with Crippen molar-refractivity contribution in [2.45, 2.75) is 25.2 Å². The van der Waals surface area contributed by atoms with Crippen molar-refractivity contribution in [3.63, 3.8) is 0 Å². The predicted molar refractivity (Wildman–Crippen MR) is 107 cm³/mol. The maximum atomic E-state index is 10.8. The van der Waals surface area contributed by atoms with Gasteiger partial charge >= 0.3 is 5.97 Å². The van der Waals surface area contributed by atoms with E-state index >= 15 is 0 Å². The van der Waals surface area contributed by atoms with Crippen molar-refractivity contribution in [3.8, 4) is 5.88 Å². The Bertz CT molecular complexity index is 1210. The van der Waals surface area contributed by atoms with Gasteiger partial charge in [0.15, 0.2) is 17.0 Å². The minimum Gasteiger partial charge on any atom is -0.475 e. The number of rotatable bonds is 7. The molecule has 4 heterocycles. The van der Waals surface area contributed by atoms with Crippen LogP contribution in [0.25, 0.3) is 11.2 Å². The molecule has 0 aliphatic carbocycles. The van der Waals surface area contributed by atoms with E-state index in [4.69, 9.17) is 14.6 Å². The quantitative estimate of drug-likeness (QED) is 0.457. The van der Waals surface area contributed by atoms with Crippen molar-refractivity contribution in [3.05, 3.63) is 54.8 Å². The van der Waals surface area contributed by atoms with Gasteiger partial charge in [-0.15, -0.1) is 0 Å². The number of ether oxygens (including phenoxy) is 2. The standard InChI is InChI=1S/C20H18N6O5/c27-20(28)14-8-15(25-31-14)29-9-13-6-7-16(30-13)26-11-23-17-18(21-10-22-19(17)26)24-12-4-2-1-3-5-12/h1-5,8,10-11,13,16H,6-7,9H2,(H,27,28)(H,21,22,24). The SMILES string of the molecule is O=C(O)c1cc(OCC2CCC(n3cnc4c(Nc5ccccc5)ncnc43)O2)no1. The van der Waals surface area contributed by atoms with Crippen molar-refractivity contribution in [2.75, 3.05) is 11.9 Å². The third-order valence-electron chi connectivity index (χ3n) is 4.91. The van der Waals surface area contributed by atoms with Gasteiger partial charge in [-0.1, -0.05) is 18.2 Å². The lowest BCUT2D eigenvalue weighted by molar-refractivity contribution is -0.0169. The number of hydrogen-bond acceptors (Lipinski definition) is 9. The zero-order valence-corrected chi connectivity index (χ0v) is 16.2. The summed E-state index contributed by atoms with van der Waals surface area (Å²) in [6.07, 6.45) is 4.27. The van der Waals surface area contributed by atoms with Crippen molar-refractivity contribution < 1.29 is 23.9 Å². The van der Waals surface area contributed by atoms with Crippen LogP contribution in [0, 0.1) is 0 Å². The maximum Gasteiger partial charge on any atom is 0.374 e. The molecule has 5 rings (SSSR count). The number of carboxylic acid groups (broad SMARTS) is 1. The lowest BCUT2D eigenvalue weighted by Crippen LogP contribution is -2.18. The first-order valence-electron chi connectivity index (χ1n) is 9.65. The second-order valence-corrected chi connectivity index (χ2v) is 6.97. The van der Waals surface area contributed by atoms with Crippen LogP contribution in [0.4, 0.5) is 11.5 Å². The molecule has 2 unspecified atom stereocenters. The van der Waals surface area contributed by atoms with Crippen LogP contribution in [0.1, 0.15) is 29.6 Å². The van der Waals surface area contributed by atoms with Crippen LogP contribution >= 0.6 is 0 Å². The number of anilines is 2. The Labute approximate surface area is 175 Å². The van der Waals surface area contributed by atoms with Gasteiger partial charge in [0.2, 0.25) is 5.76 Å². The molecular formula is C20H18N6O5. The Balaban J connectivity index is 1.27. The number of nitrogens with zero attached hydrogens (tertiary/aromatic N) is 5. The minimum atomic E-state index is -1.20. The molecule has 1 aromatic carbocycles. The van der Waals surface area contributed by atoms with Gasteiger partial charge in [-0.05, 0) is 30.1 Å². The first kappa shape index (κ1) is 19.0. The summed E-state index contributed by atoms with van der Waals surface area (Å²) in [6, 6.07) is 11.0. The second-order valence-electron chi connectivity index (χ2n) is 6.97. The minimum absolute atomic E-state index is 0.113. The second kappa shape index (κ2) is 8.03. The average molecular weight is 422 g/mol. The van der Waals surface area contributed by atoms with Crippen molar-refractivity contribution in [2.24, 2.45) is 0 Å². The maximum absolute atomic E-state index is 10.8. The molecule has 0 radical (unpaired) electrons. The third-order valence-corrected chi connectivity index (χ3v) is 4.91. The highest BCUT2D eigenvalue weighted by Gasteiger charge is 2.29. The van der Waals surface area contributed by atoms with Gasteiger partial charge in [-0.2, -0.15) is 0 Å². The molecule has 1 saturated heterocycles. The molecule has 1 aliphatic heterocycles. The van der Waals surface area contributed by atoms with Crippen LogP contribution in [0.2, 0.25) is 0 Å². The van der Waals surface area contributed by atoms with E-state index in [9.17, 15) is 4.79 Å². The normalized spacial score (nSPS) is 18.3. The van der Waals surface area contributed by atoms with E-state index in [0.29, 0.717) is 17.0 Å². The molecule has 158 valence electrons. The Hall–Kier alpha value is -3.99. The number of imidazole rings is 1. The predicted octanol–water partition coefficient (Wildman–Crippen LogP) is 3.01. The molecule has 0 amide bonds. The van der Waals surface area contributed by atoms with Crippen LogP contribution in [0.15, 0.2) is 53.6 Å². The van der Waals surface area contributed by atoms with Gasteiger partial charge in [-0.3, -0.25) is 4.57 Å². The highest BCUT2D eigenvalue weighted by Crippen LogP contribution is 2.32. The first-order chi connectivity index (χ1) is 15.2. The van der Waals surface area contributed by atoms with Crippen LogP contribution in [-0.4, -0.2) is 48.5 Å². The third kappa shape index (κ3) is 3.90. The summed E-state index contributed by atoms with van der Waals surface area (Å²) in [4.78, 5) is 24.0. The summed E-state index contributed by atoms with van der Waals surface area (Å²) in [7, 11) is 0. The molecule has 3 aromatic heterocycles. The molecule has 0 bridgehead atoms. The Kier molecular flexibility index (Phi) is 4.92. The highest BCUT2D eigenvalue weighted by molar-refractivity contribution is 5.85. The van der Waals surface area contributed by atoms with Gasteiger partial charge in [0, 0.05) is 5.69 Å². The number of aromatic carboxylic acids is 1. The number of benzene rings is 1. The molecule has 2 N–H and O–H groups in total. The monoisotopic (exact) mass is 422 g/mol. The molecule has 0 saturated carbocycles. The van der Waals surface area contributed by atoms with Gasteiger partial charge in [0.1, 0.15) is 19.2 Å². The Morgan fingerprint density at radius 1 is 1.23 bits per heavy atom. The first-order valence-corrected chi connectivity index (χ1v) is 9.65. The van der Waals surface area contributed by atoms with Crippen LogP contribution < -0.4 is 10.1 Å². The van der Waals surface area contributed by atoms with Gasteiger partial charge in [0.25, 0.3) is 5.88 Å².